The Morgan fingerprint density at radius 2 is 2.22 bits per heavy atom. The van der Waals surface area contributed by atoms with E-state index in [0.29, 0.717) is 17.4 Å². The van der Waals surface area contributed by atoms with Gasteiger partial charge in [0.2, 0.25) is 0 Å². The maximum atomic E-state index is 5.54. The number of nitrogens with one attached hydrogen (secondary N) is 2. The molecular weight excluding hydrogens is 314 g/mol. The van der Waals surface area contributed by atoms with Crippen LogP contribution in [0.1, 0.15) is 25.3 Å². The van der Waals surface area contributed by atoms with Crippen LogP contribution in [0.15, 0.2) is 23.3 Å². The Morgan fingerprint density at radius 1 is 1.39 bits per heavy atom. The summed E-state index contributed by atoms with van der Waals surface area (Å²) in [5.41, 5.74) is 4.50. The highest BCUT2D eigenvalue weighted by atomic mass is 32.1. The summed E-state index contributed by atoms with van der Waals surface area (Å²) in [7, 11) is 3.24. The largest absolute Gasteiger partial charge is 0.497 e. The predicted molar refractivity (Wildman–Crippen MR) is 94.5 cm³/mol. The fourth-order valence-electron chi connectivity index (χ4n) is 2.34. The molecule has 0 saturated carbocycles. The summed E-state index contributed by atoms with van der Waals surface area (Å²) < 4.78 is 16.1. The molecule has 6 nitrogen and oxygen atoms in total. The molecule has 1 fully saturated rings. The monoisotopic (exact) mass is 337 g/mol. The third-order valence-corrected chi connectivity index (χ3v) is 3.87. The molecule has 1 aliphatic rings. The Hall–Kier alpha value is -1.86. The van der Waals surface area contributed by atoms with Crippen molar-refractivity contribution >= 4 is 23.0 Å². The number of thiocarbonyl (C=S) groups is 1. The van der Waals surface area contributed by atoms with Gasteiger partial charge in [0.1, 0.15) is 11.5 Å². The highest BCUT2D eigenvalue weighted by molar-refractivity contribution is 7.80. The van der Waals surface area contributed by atoms with E-state index < -0.39 is 0 Å². The first-order chi connectivity index (χ1) is 11.1. The molecule has 1 saturated heterocycles. The molecule has 0 bridgehead atoms. The van der Waals surface area contributed by atoms with Gasteiger partial charge in [-0.1, -0.05) is 0 Å². The van der Waals surface area contributed by atoms with Crippen molar-refractivity contribution in [2.24, 2.45) is 5.10 Å². The minimum Gasteiger partial charge on any atom is -0.497 e. The van der Waals surface area contributed by atoms with Crippen molar-refractivity contribution in [2.75, 3.05) is 27.4 Å². The van der Waals surface area contributed by atoms with E-state index in [4.69, 9.17) is 26.4 Å². The number of nitrogens with zero attached hydrogens (tertiary/aromatic N) is 1. The average molecular weight is 337 g/mol. The molecule has 7 heteroatoms. The number of methoxy groups -OCH3 is 2. The van der Waals surface area contributed by atoms with Crippen LogP contribution in [0.3, 0.4) is 0 Å². The fraction of sp³-hybridized carbons (Fsp3) is 0.500. The van der Waals surface area contributed by atoms with E-state index in [1.807, 2.05) is 25.1 Å². The summed E-state index contributed by atoms with van der Waals surface area (Å²) in [6, 6.07) is 5.59. The summed E-state index contributed by atoms with van der Waals surface area (Å²) in [6.07, 6.45) is 2.42. The topological polar surface area (TPSA) is 64.1 Å². The highest BCUT2D eigenvalue weighted by Crippen LogP contribution is 2.25. The standard InChI is InChI=1S/C16H23N3O3S/c1-11(14-7-6-12(20-2)9-15(14)21-3)18-19-16(23)17-10-13-5-4-8-22-13/h6-7,9,13H,4-5,8,10H2,1-3H3,(H2,17,19,23)/b18-11+. The molecule has 0 spiro atoms. The van der Waals surface area contributed by atoms with E-state index in [0.717, 1.165) is 36.5 Å². The molecule has 1 unspecified atom stereocenters. The molecule has 1 aromatic rings. The Balaban J connectivity index is 1.92. The van der Waals surface area contributed by atoms with Gasteiger partial charge in [0.15, 0.2) is 5.11 Å². The van der Waals surface area contributed by atoms with Crippen LogP contribution in [0.2, 0.25) is 0 Å². The SMILES string of the molecule is COc1ccc(/C(C)=N/NC(=S)NCC2CCCO2)c(OC)c1. The van der Waals surface area contributed by atoms with Gasteiger partial charge in [-0.2, -0.15) is 5.10 Å². The average Bonchev–Trinajstić information content (AvgIpc) is 3.10. The molecule has 1 atom stereocenters. The maximum Gasteiger partial charge on any atom is 0.187 e. The van der Waals surface area contributed by atoms with Gasteiger partial charge >= 0.3 is 0 Å². The van der Waals surface area contributed by atoms with Crippen molar-refractivity contribution in [2.45, 2.75) is 25.9 Å². The number of hydrogen-bond acceptors (Lipinski definition) is 5. The zero-order valence-electron chi connectivity index (χ0n) is 13.7. The van der Waals surface area contributed by atoms with E-state index in [1.165, 1.54) is 0 Å². The first kappa shape index (κ1) is 17.5. The third kappa shape index (κ3) is 5.07. The molecule has 23 heavy (non-hydrogen) atoms. The normalized spacial score (nSPS) is 17.7. The van der Waals surface area contributed by atoms with Crippen LogP contribution in [0.5, 0.6) is 11.5 Å². The molecule has 2 N–H and O–H groups in total. The minimum atomic E-state index is 0.238. The second-order valence-electron chi connectivity index (χ2n) is 5.22. The van der Waals surface area contributed by atoms with Crippen LogP contribution in [-0.4, -0.2) is 44.3 Å². The van der Waals surface area contributed by atoms with Crippen molar-refractivity contribution in [3.05, 3.63) is 23.8 Å². The second kappa shape index (κ2) is 8.69. The quantitative estimate of drug-likeness (QED) is 0.471. The molecular formula is C16H23N3O3S. The maximum absolute atomic E-state index is 5.54. The van der Waals surface area contributed by atoms with Crippen LogP contribution >= 0.6 is 12.2 Å². The molecule has 126 valence electrons. The molecule has 0 radical (unpaired) electrons. The zero-order chi connectivity index (χ0) is 16.7. The molecule has 2 rings (SSSR count). The lowest BCUT2D eigenvalue weighted by molar-refractivity contribution is 0.114. The van der Waals surface area contributed by atoms with E-state index >= 15 is 0 Å². The minimum absolute atomic E-state index is 0.238. The third-order valence-electron chi connectivity index (χ3n) is 3.64. The first-order valence-corrected chi connectivity index (χ1v) is 7.97. The van der Waals surface area contributed by atoms with Crippen LogP contribution < -0.4 is 20.2 Å². The van der Waals surface area contributed by atoms with Gasteiger partial charge in [-0.15, -0.1) is 0 Å². The van der Waals surface area contributed by atoms with Gasteiger partial charge in [-0.25, -0.2) is 0 Å². The van der Waals surface area contributed by atoms with Crippen molar-refractivity contribution in [1.82, 2.24) is 10.7 Å². The van der Waals surface area contributed by atoms with Gasteiger partial charge in [-0.05, 0) is 44.1 Å². The van der Waals surface area contributed by atoms with E-state index in [-0.39, 0.29) is 6.10 Å². The smallest absolute Gasteiger partial charge is 0.187 e. The summed E-state index contributed by atoms with van der Waals surface area (Å²) in [5, 5.41) is 7.90. The zero-order valence-corrected chi connectivity index (χ0v) is 14.5. The number of ether oxygens (including phenoxy) is 3. The molecule has 1 aliphatic heterocycles. The van der Waals surface area contributed by atoms with Crippen LogP contribution in [0.25, 0.3) is 0 Å². The lowest BCUT2D eigenvalue weighted by Gasteiger charge is -2.13. The van der Waals surface area contributed by atoms with Gasteiger partial charge < -0.3 is 19.5 Å². The Bertz CT molecular complexity index is 572. The van der Waals surface area contributed by atoms with E-state index in [9.17, 15) is 0 Å². The summed E-state index contributed by atoms with van der Waals surface area (Å²) in [6.45, 7) is 3.42. The van der Waals surface area contributed by atoms with Crippen molar-refractivity contribution in [3.63, 3.8) is 0 Å². The summed E-state index contributed by atoms with van der Waals surface area (Å²) >= 11 is 5.22. The Morgan fingerprint density at radius 3 is 2.87 bits per heavy atom. The van der Waals surface area contributed by atoms with E-state index in [2.05, 4.69) is 15.8 Å². The number of hydrogen-bond donors (Lipinski definition) is 2. The van der Waals surface area contributed by atoms with Gasteiger partial charge in [0.05, 0.1) is 26.0 Å². The lowest BCUT2D eigenvalue weighted by atomic mass is 10.1. The van der Waals surface area contributed by atoms with Gasteiger partial charge in [0.25, 0.3) is 0 Å². The second-order valence-corrected chi connectivity index (χ2v) is 5.63. The fourth-order valence-corrected chi connectivity index (χ4v) is 2.47. The van der Waals surface area contributed by atoms with Crippen molar-refractivity contribution in [3.8, 4) is 11.5 Å². The van der Waals surface area contributed by atoms with Crippen LogP contribution in [0.4, 0.5) is 0 Å². The number of rotatable bonds is 6. The first-order valence-electron chi connectivity index (χ1n) is 7.56. The van der Waals surface area contributed by atoms with Crippen molar-refractivity contribution in [1.29, 1.82) is 0 Å². The highest BCUT2D eigenvalue weighted by Gasteiger charge is 2.15. The van der Waals surface area contributed by atoms with E-state index in [1.54, 1.807) is 14.2 Å². The van der Waals surface area contributed by atoms with Gasteiger partial charge in [-0.3, -0.25) is 5.43 Å². The lowest BCUT2D eigenvalue weighted by Crippen LogP contribution is -2.37. The number of hydrazone groups is 1. The molecule has 0 aliphatic carbocycles. The summed E-state index contributed by atoms with van der Waals surface area (Å²) in [4.78, 5) is 0. The molecule has 0 amide bonds. The van der Waals surface area contributed by atoms with Crippen LogP contribution in [-0.2, 0) is 4.74 Å². The van der Waals surface area contributed by atoms with Crippen molar-refractivity contribution < 1.29 is 14.2 Å². The summed E-state index contributed by atoms with van der Waals surface area (Å²) in [5.74, 6) is 1.44. The Labute approximate surface area is 142 Å². The molecule has 0 aromatic heterocycles. The molecule has 1 heterocycles. The van der Waals surface area contributed by atoms with Gasteiger partial charge in [0, 0.05) is 24.8 Å². The Kier molecular flexibility index (Phi) is 6.61. The number of benzene rings is 1. The predicted octanol–water partition coefficient (Wildman–Crippen LogP) is 2.07. The van der Waals surface area contributed by atoms with Crippen LogP contribution in [0, 0.1) is 0 Å². The molecule has 1 aromatic carbocycles.